The number of nitrogens with zero attached hydrogens (tertiary/aromatic N) is 1. The van der Waals surface area contributed by atoms with E-state index in [2.05, 4.69) is 10.3 Å². The van der Waals surface area contributed by atoms with Gasteiger partial charge in [0.1, 0.15) is 11.6 Å². The van der Waals surface area contributed by atoms with Crippen LogP contribution in [0.2, 0.25) is 0 Å². The van der Waals surface area contributed by atoms with Crippen molar-refractivity contribution in [1.29, 1.82) is 0 Å². The Bertz CT molecular complexity index is 394. The summed E-state index contributed by atoms with van der Waals surface area (Å²) < 4.78 is 5.10. The highest BCUT2D eigenvalue weighted by atomic mass is 35.5. The number of pyridine rings is 1. The van der Waals surface area contributed by atoms with Crippen LogP contribution in [-0.2, 0) is 11.2 Å². The fourth-order valence-electron chi connectivity index (χ4n) is 1.41. The second-order valence-corrected chi connectivity index (χ2v) is 3.59. The molecule has 0 fully saturated rings. The minimum absolute atomic E-state index is 0.0848. The monoisotopic (exact) mass is 242 g/mol. The Morgan fingerprint density at radius 1 is 1.62 bits per heavy atom. The molecule has 88 valence electrons. The van der Waals surface area contributed by atoms with Gasteiger partial charge in [-0.25, -0.2) is 4.98 Å². The predicted molar refractivity (Wildman–Crippen MR) is 64.3 cm³/mol. The van der Waals surface area contributed by atoms with Gasteiger partial charge in [0.05, 0.1) is 7.11 Å². The van der Waals surface area contributed by atoms with E-state index < -0.39 is 0 Å². The number of alkyl halides is 1. The highest BCUT2D eigenvalue weighted by molar-refractivity contribution is 6.29. The molecule has 0 atom stereocenters. The van der Waals surface area contributed by atoms with Crippen LogP contribution in [0.3, 0.4) is 0 Å². The van der Waals surface area contributed by atoms with Crippen molar-refractivity contribution in [3.63, 3.8) is 0 Å². The van der Waals surface area contributed by atoms with Gasteiger partial charge in [0.25, 0.3) is 0 Å². The van der Waals surface area contributed by atoms with E-state index in [1.807, 2.05) is 19.9 Å². The molecule has 16 heavy (non-hydrogen) atoms. The van der Waals surface area contributed by atoms with Gasteiger partial charge in [-0.1, -0.05) is 6.92 Å². The van der Waals surface area contributed by atoms with Gasteiger partial charge < -0.3 is 10.1 Å². The zero-order valence-electron chi connectivity index (χ0n) is 9.63. The second kappa shape index (κ2) is 5.70. The number of methoxy groups -OCH3 is 1. The molecular weight excluding hydrogens is 228 g/mol. The number of anilines is 1. The highest BCUT2D eigenvalue weighted by Crippen LogP contribution is 2.25. The van der Waals surface area contributed by atoms with Gasteiger partial charge in [-0.15, -0.1) is 11.6 Å². The van der Waals surface area contributed by atoms with E-state index in [-0.39, 0.29) is 11.8 Å². The minimum Gasteiger partial charge on any atom is -0.480 e. The third kappa shape index (κ3) is 2.85. The Labute approximate surface area is 100.0 Å². The lowest BCUT2D eigenvalue weighted by molar-refractivity contribution is -0.113. The molecule has 0 bridgehead atoms. The fourth-order valence-corrected chi connectivity index (χ4v) is 1.48. The van der Waals surface area contributed by atoms with Crippen LogP contribution >= 0.6 is 11.6 Å². The van der Waals surface area contributed by atoms with E-state index in [1.54, 1.807) is 0 Å². The van der Waals surface area contributed by atoms with E-state index in [9.17, 15) is 4.79 Å². The van der Waals surface area contributed by atoms with Crippen LogP contribution in [0, 0.1) is 6.92 Å². The lowest BCUT2D eigenvalue weighted by Gasteiger charge is -2.11. The van der Waals surface area contributed by atoms with E-state index in [1.165, 1.54) is 7.11 Å². The number of amides is 1. The van der Waals surface area contributed by atoms with E-state index in [4.69, 9.17) is 16.3 Å². The van der Waals surface area contributed by atoms with Gasteiger partial charge in [-0.2, -0.15) is 0 Å². The first kappa shape index (κ1) is 12.8. The number of aromatic nitrogens is 1. The van der Waals surface area contributed by atoms with Gasteiger partial charge in [0.2, 0.25) is 11.8 Å². The van der Waals surface area contributed by atoms with Gasteiger partial charge in [0.15, 0.2) is 0 Å². The predicted octanol–water partition coefficient (Wildman–Crippen LogP) is 2.14. The number of carbonyl (C=O) groups is 1. The molecular formula is C11H15ClN2O2. The van der Waals surface area contributed by atoms with Crippen LogP contribution in [0.4, 0.5) is 5.69 Å². The van der Waals surface area contributed by atoms with Crippen LogP contribution in [0.15, 0.2) is 6.07 Å². The first-order valence-corrected chi connectivity index (χ1v) is 5.56. The number of rotatable bonds is 4. The summed E-state index contributed by atoms with van der Waals surface area (Å²) in [6, 6.07) is 1.87. The number of carbonyl (C=O) groups excluding carboxylic acids is 1. The van der Waals surface area contributed by atoms with Crippen molar-refractivity contribution in [1.82, 2.24) is 4.98 Å². The van der Waals surface area contributed by atoms with Crippen molar-refractivity contribution in [2.45, 2.75) is 20.3 Å². The van der Waals surface area contributed by atoms with Crippen molar-refractivity contribution >= 4 is 23.2 Å². The first-order valence-electron chi connectivity index (χ1n) is 5.02. The molecule has 1 aromatic rings. The number of ether oxygens (including phenoxy) is 1. The minimum atomic E-state index is -0.271. The summed E-state index contributed by atoms with van der Waals surface area (Å²) in [6.07, 6.45) is 0.854. The normalized spacial score (nSPS) is 10.0. The summed E-state index contributed by atoms with van der Waals surface area (Å²) in [4.78, 5) is 15.5. The third-order valence-corrected chi connectivity index (χ3v) is 2.50. The van der Waals surface area contributed by atoms with Crippen LogP contribution < -0.4 is 10.1 Å². The molecule has 0 saturated heterocycles. The Morgan fingerprint density at radius 3 is 2.81 bits per heavy atom. The third-order valence-electron chi connectivity index (χ3n) is 2.25. The average Bonchev–Trinajstić information content (AvgIpc) is 2.30. The second-order valence-electron chi connectivity index (χ2n) is 3.33. The summed E-state index contributed by atoms with van der Waals surface area (Å²) in [5.74, 6) is 0.0548. The van der Waals surface area contributed by atoms with Crippen LogP contribution in [0.5, 0.6) is 5.88 Å². The molecule has 1 N–H and O–H groups in total. The van der Waals surface area contributed by atoms with E-state index >= 15 is 0 Å². The largest absolute Gasteiger partial charge is 0.480 e. The zero-order chi connectivity index (χ0) is 12.1. The van der Waals surface area contributed by atoms with E-state index in [0.717, 1.165) is 17.7 Å². The Hall–Kier alpha value is -1.29. The van der Waals surface area contributed by atoms with Gasteiger partial charge in [-0.05, 0) is 25.0 Å². The van der Waals surface area contributed by atoms with Crippen molar-refractivity contribution < 1.29 is 9.53 Å². The van der Waals surface area contributed by atoms with Crippen molar-refractivity contribution in [2.75, 3.05) is 18.3 Å². The summed E-state index contributed by atoms with van der Waals surface area (Å²) in [7, 11) is 1.52. The summed E-state index contributed by atoms with van der Waals surface area (Å²) in [6.45, 7) is 3.94. The van der Waals surface area contributed by atoms with Crippen molar-refractivity contribution in [2.24, 2.45) is 0 Å². The number of hydrogen-bond donors (Lipinski definition) is 1. The highest BCUT2D eigenvalue weighted by Gasteiger charge is 2.11. The van der Waals surface area contributed by atoms with E-state index in [0.29, 0.717) is 11.6 Å². The Balaban J connectivity index is 3.09. The summed E-state index contributed by atoms with van der Waals surface area (Å²) in [5, 5.41) is 2.65. The summed E-state index contributed by atoms with van der Waals surface area (Å²) >= 11 is 5.43. The maximum atomic E-state index is 11.2. The quantitative estimate of drug-likeness (QED) is 0.823. The van der Waals surface area contributed by atoms with Gasteiger partial charge >= 0.3 is 0 Å². The lowest BCUT2D eigenvalue weighted by Crippen LogP contribution is -2.14. The van der Waals surface area contributed by atoms with Crippen LogP contribution in [0.25, 0.3) is 0 Å². The molecule has 0 saturated carbocycles. The Morgan fingerprint density at radius 2 is 2.31 bits per heavy atom. The molecule has 0 aliphatic carbocycles. The maximum Gasteiger partial charge on any atom is 0.239 e. The average molecular weight is 243 g/mol. The van der Waals surface area contributed by atoms with Crippen molar-refractivity contribution in [3.8, 4) is 5.88 Å². The molecule has 1 aromatic heterocycles. The Kier molecular flexibility index (Phi) is 4.55. The number of halogens is 1. The molecule has 0 unspecified atom stereocenters. The molecule has 1 amide bonds. The first-order chi connectivity index (χ1) is 7.62. The smallest absolute Gasteiger partial charge is 0.239 e. The molecule has 1 heterocycles. The molecule has 0 aliphatic heterocycles. The zero-order valence-corrected chi connectivity index (χ0v) is 10.4. The molecule has 0 radical (unpaired) electrons. The standard InChI is InChI=1S/C11H15ClN2O2/c1-4-8-5-9(14-10(15)6-12)11(16-3)13-7(8)2/h5H,4,6H2,1-3H3,(H,14,15). The van der Waals surface area contributed by atoms with Crippen molar-refractivity contribution in [3.05, 3.63) is 17.3 Å². The topological polar surface area (TPSA) is 51.2 Å². The number of hydrogen-bond acceptors (Lipinski definition) is 3. The SMILES string of the molecule is CCc1cc(NC(=O)CCl)c(OC)nc1C. The molecule has 1 rings (SSSR count). The van der Waals surface area contributed by atoms with Gasteiger partial charge in [0, 0.05) is 5.69 Å². The fraction of sp³-hybridized carbons (Fsp3) is 0.455. The molecule has 5 heteroatoms. The lowest BCUT2D eigenvalue weighted by atomic mass is 10.1. The van der Waals surface area contributed by atoms with Gasteiger partial charge in [-0.3, -0.25) is 4.79 Å². The van der Waals surface area contributed by atoms with Crippen LogP contribution in [0.1, 0.15) is 18.2 Å². The number of nitrogens with one attached hydrogen (secondary N) is 1. The van der Waals surface area contributed by atoms with Crippen LogP contribution in [-0.4, -0.2) is 23.9 Å². The molecule has 0 spiro atoms. The molecule has 4 nitrogen and oxygen atoms in total. The maximum absolute atomic E-state index is 11.2. The summed E-state index contributed by atoms with van der Waals surface area (Å²) in [5.41, 5.74) is 2.55. The number of aryl methyl sites for hydroxylation is 2. The molecule has 0 aromatic carbocycles. The molecule has 0 aliphatic rings.